The number of fused-ring (bicyclic) bond motifs is 1. The van der Waals surface area contributed by atoms with Gasteiger partial charge in [0.25, 0.3) is 0 Å². The minimum atomic E-state index is -3.23. The molecule has 8 heteroatoms. The highest BCUT2D eigenvalue weighted by Gasteiger charge is 2.24. The van der Waals surface area contributed by atoms with Crippen LogP contribution in [0.3, 0.4) is 0 Å². The van der Waals surface area contributed by atoms with Crippen molar-refractivity contribution in [1.82, 2.24) is 14.3 Å². The van der Waals surface area contributed by atoms with E-state index in [9.17, 15) is 13.2 Å². The van der Waals surface area contributed by atoms with Crippen LogP contribution in [-0.2, 0) is 14.6 Å². The Balaban J connectivity index is 1.53. The normalized spacial score (nSPS) is 15.0. The molecule has 0 aliphatic carbocycles. The standard InChI is InChI=1S/C24H27N3O4S/c1-24(2,3)31-23(28)26-13-11-17(12-14-26)19-7-10-22-25-21(16-27(22)15-19)18-5-8-20(9-6-18)32(4,29)30/h5-11,15-16H,12-14H2,1-4H3. The molecule has 0 radical (unpaired) electrons. The molecule has 4 rings (SSSR count). The summed E-state index contributed by atoms with van der Waals surface area (Å²) in [6, 6.07) is 10.7. The van der Waals surface area contributed by atoms with Gasteiger partial charge in [0.2, 0.25) is 0 Å². The molecule has 0 saturated heterocycles. The van der Waals surface area contributed by atoms with Crippen molar-refractivity contribution < 1.29 is 17.9 Å². The summed E-state index contributed by atoms with van der Waals surface area (Å²) >= 11 is 0. The summed E-state index contributed by atoms with van der Waals surface area (Å²) in [7, 11) is -3.23. The molecule has 0 N–H and O–H groups in total. The second kappa shape index (κ2) is 8.09. The number of amides is 1. The molecule has 3 aromatic rings. The van der Waals surface area contributed by atoms with Crippen LogP contribution < -0.4 is 0 Å². The lowest BCUT2D eigenvalue weighted by atomic mass is 10.0. The van der Waals surface area contributed by atoms with Gasteiger partial charge in [0, 0.05) is 37.3 Å². The zero-order valence-corrected chi connectivity index (χ0v) is 19.5. The van der Waals surface area contributed by atoms with E-state index in [0.29, 0.717) is 13.1 Å². The molecule has 0 spiro atoms. The number of benzene rings is 1. The van der Waals surface area contributed by atoms with Crippen LogP contribution in [0.2, 0.25) is 0 Å². The van der Waals surface area contributed by atoms with Crippen LogP contribution in [0.5, 0.6) is 0 Å². The fraction of sp³-hybridized carbons (Fsp3) is 0.333. The van der Waals surface area contributed by atoms with Gasteiger partial charge in [-0.25, -0.2) is 18.2 Å². The number of carbonyl (C=O) groups is 1. The summed E-state index contributed by atoms with van der Waals surface area (Å²) in [5.74, 6) is 0. The SMILES string of the molecule is CC(C)(C)OC(=O)N1CC=C(c2ccc3nc(-c4ccc(S(C)(=O)=O)cc4)cn3c2)CC1. The van der Waals surface area contributed by atoms with Gasteiger partial charge in [-0.05, 0) is 62.6 Å². The molecule has 7 nitrogen and oxygen atoms in total. The van der Waals surface area contributed by atoms with Gasteiger partial charge < -0.3 is 14.0 Å². The highest BCUT2D eigenvalue weighted by Crippen LogP contribution is 2.26. The summed E-state index contributed by atoms with van der Waals surface area (Å²) in [6.07, 6.45) is 7.69. The maximum absolute atomic E-state index is 12.3. The molecule has 32 heavy (non-hydrogen) atoms. The zero-order valence-electron chi connectivity index (χ0n) is 18.7. The molecular weight excluding hydrogens is 426 g/mol. The van der Waals surface area contributed by atoms with Gasteiger partial charge >= 0.3 is 6.09 Å². The average molecular weight is 454 g/mol. The molecule has 0 fully saturated rings. The van der Waals surface area contributed by atoms with Gasteiger partial charge in [0.15, 0.2) is 9.84 Å². The average Bonchev–Trinajstić information content (AvgIpc) is 3.15. The van der Waals surface area contributed by atoms with E-state index >= 15 is 0 Å². The van der Waals surface area contributed by atoms with E-state index < -0.39 is 15.4 Å². The molecule has 0 atom stereocenters. The summed E-state index contributed by atoms with van der Waals surface area (Å²) in [5.41, 5.74) is 4.19. The molecule has 3 heterocycles. The highest BCUT2D eigenvalue weighted by atomic mass is 32.2. The lowest BCUT2D eigenvalue weighted by Gasteiger charge is -2.29. The van der Waals surface area contributed by atoms with Gasteiger partial charge in [-0.1, -0.05) is 18.2 Å². The van der Waals surface area contributed by atoms with Crippen LogP contribution in [0.25, 0.3) is 22.5 Å². The summed E-state index contributed by atoms with van der Waals surface area (Å²) in [4.78, 5) is 18.9. The van der Waals surface area contributed by atoms with Crippen LogP contribution in [0.15, 0.2) is 59.8 Å². The van der Waals surface area contributed by atoms with Gasteiger partial charge in [-0.3, -0.25) is 0 Å². The molecule has 2 aromatic heterocycles. The number of ether oxygens (including phenoxy) is 1. The number of aromatic nitrogens is 2. The van der Waals surface area contributed by atoms with Crippen LogP contribution in [0.1, 0.15) is 32.8 Å². The van der Waals surface area contributed by atoms with Gasteiger partial charge in [0.05, 0.1) is 10.6 Å². The Morgan fingerprint density at radius 2 is 1.72 bits per heavy atom. The van der Waals surface area contributed by atoms with E-state index in [2.05, 4.69) is 11.1 Å². The maximum atomic E-state index is 12.3. The number of imidazole rings is 1. The Kier molecular flexibility index (Phi) is 5.58. The lowest BCUT2D eigenvalue weighted by Crippen LogP contribution is -2.39. The molecule has 0 saturated carbocycles. The number of sulfone groups is 1. The fourth-order valence-corrected chi connectivity index (χ4v) is 4.25. The summed E-state index contributed by atoms with van der Waals surface area (Å²) in [5, 5.41) is 0. The smallest absolute Gasteiger partial charge is 0.410 e. The topological polar surface area (TPSA) is 81.0 Å². The third kappa shape index (κ3) is 4.85. The number of carbonyl (C=O) groups excluding carboxylic acids is 1. The molecule has 0 bridgehead atoms. The van der Waals surface area contributed by atoms with Crippen LogP contribution in [-0.4, -0.2) is 53.7 Å². The first kappa shape index (κ1) is 22.1. The van der Waals surface area contributed by atoms with Gasteiger partial charge in [0.1, 0.15) is 11.2 Å². The number of hydrogen-bond acceptors (Lipinski definition) is 5. The van der Waals surface area contributed by atoms with Crippen molar-refractivity contribution in [3.05, 3.63) is 60.4 Å². The van der Waals surface area contributed by atoms with Crippen LogP contribution in [0, 0.1) is 0 Å². The lowest BCUT2D eigenvalue weighted by molar-refractivity contribution is 0.0270. The Morgan fingerprint density at radius 3 is 2.31 bits per heavy atom. The van der Waals surface area contributed by atoms with Crippen molar-refractivity contribution in [2.24, 2.45) is 0 Å². The van der Waals surface area contributed by atoms with E-state index in [4.69, 9.17) is 4.74 Å². The van der Waals surface area contributed by atoms with E-state index in [1.54, 1.807) is 29.2 Å². The third-order valence-electron chi connectivity index (χ3n) is 5.26. The van der Waals surface area contributed by atoms with Crippen molar-refractivity contribution in [2.75, 3.05) is 19.3 Å². The van der Waals surface area contributed by atoms with Crippen LogP contribution >= 0.6 is 0 Å². The largest absolute Gasteiger partial charge is 0.444 e. The van der Waals surface area contributed by atoms with Crippen molar-refractivity contribution in [1.29, 1.82) is 0 Å². The summed E-state index contributed by atoms with van der Waals surface area (Å²) < 4.78 is 30.8. The van der Waals surface area contributed by atoms with Crippen molar-refractivity contribution in [3.63, 3.8) is 0 Å². The van der Waals surface area contributed by atoms with Gasteiger partial charge in [-0.2, -0.15) is 0 Å². The Labute approximate surface area is 188 Å². The first-order valence-electron chi connectivity index (χ1n) is 10.5. The second-order valence-electron chi connectivity index (χ2n) is 9.01. The molecular formula is C24H27N3O4S. The summed E-state index contributed by atoms with van der Waals surface area (Å²) in [6.45, 7) is 6.73. The number of rotatable bonds is 3. The maximum Gasteiger partial charge on any atom is 0.410 e. The van der Waals surface area contributed by atoms with E-state index in [0.717, 1.165) is 28.9 Å². The van der Waals surface area contributed by atoms with Crippen molar-refractivity contribution in [3.8, 4) is 11.3 Å². The van der Waals surface area contributed by atoms with Crippen molar-refractivity contribution >= 4 is 27.2 Å². The minimum Gasteiger partial charge on any atom is -0.444 e. The predicted octanol–water partition coefficient (Wildman–Crippen LogP) is 4.43. The number of pyridine rings is 1. The first-order chi connectivity index (χ1) is 15.0. The zero-order chi connectivity index (χ0) is 23.1. The van der Waals surface area contributed by atoms with E-state index in [1.165, 1.54) is 11.8 Å². The molecule has 168 valence electrons. The highest BCUT2D eigenvalue weighted by molar-refractivity contribution is 7.90. The molecule has 1 aliphatic rings. The Morgan fingerprint density at radius 1 is 1.03 bits per heavy atom. The van der Waals surface area contributed by atoms with Gasteiger partial charge in [-0.15, -0.1) is 0 Å². The van der Waals surface area contributed by atoms with Crippen LogP contribution in [0.4, 0.5) is 4.79 Å². The first-order valence-corrected chi connectivity index (χ1v) is 12.4. The predicted molar refractivity (Wildman–Crippen MR) is 124 cm³/mol. The molecule has 0 unspecified atom stereocenters. The minimum absolute atomic E-state index is 0.288. The number of nitrogens with zero attached hydrogens (tertiary/aromatic N) is 3. The quantitative estimate of drug-likeness (QED) is 0.586. The monoisotopic (exact) mass is 453 g/mol. The third-order valence-corrected chi connectivity index (χ3v) is 6.39. The second-order valence-corrected chi connectivity index (χ2v) is 11.0. The van der Waals surface area contributed by atoms with E-state index in [-0.39, 0.29) is 11.0 Å². The molecule has 1 amide bonds. The number of hydrogen-bond donors (Lipinski definition) is 0. The van der Waals surface area contributed by atoms with E-state index in [1.807, 2.05) is 49.7 Å². The fourth-order valence-electron chi connectivity index (χ4n) is 3.62. The molecule has 1 aliphatic heterocycles. The Bertz CT molecular complexity index is 1300. The van der Waals surface area contributed by atoms with Crippen molar-refractivity contribution in [2.45, 2.75) is 37.7 Å². The Hall–Kier alpha value is -3.13. The molecule has 1 aromatic carbocycles.